The van der Waals surface area contributed by atoms with Gasteiger partial charge in [0.2, 0.25) is 10.0 Å². The maximum Gasteiger partial charge on any atom is 0.313 e. The minimum Gasteiger partial charge on any atom is -0.330 e. The molecule has 0 atom stereocenters. The van der Waals surface area contributed by atoms with Crippen molar-refractivity contribution in [1.29, 1.82) is 5.41 Å². The summed E-state index contributed by atoms with van der Waals surface area (Å²) >= 11 is 0. The van der Waals surface area contributed by atoms with Crippen molar-refractivity contribution < 1.29 is 22.8 Å². The molecule has 2 amide bonds. The molecular weight excluding hydrogens is 506 g/mol. The molecule has 3 rings (SSSR count). The summed E-state index contributed by atoms with van der Waals surface area (Å²) in [7, 11) is -2.51. The fourth-order valence-corrected chi connectivity index (χ4v) is 4.64. The Balaban J connectivity index is 1.76. The first-order valence-electron chi connectivity index (χ1n) is 11.8. The molecule has 38 heavy (non-hydrogen) atoms. The van der Waals surface area contributed by atoms with Crippen LogP contribution >= 0.6 is 0 Å². The Labute approximate surface area is 222 Å². The summed E-state index contributed by atoms with van der Waals surface area (Å²) in [5.41, 5.74) is 5.21. The number of anilines is 1. The van der Waals surface area contributed by atoms with Gasteiger partial charge in [-0.2, -0.15) is 0 Å². The highest BCUT2D eigenvalue weighted by Crippen LogP contribution is 2.27. The third-order valence-corrected chi connectivity index (χ3v) is 6.48. The number of nitrogens with zero attached hydrogens (tertiary/aromatic N) is 1. The number of carbonyl (C=O) groups is 2. The van der Waals surface area contributed by atoms with Gasteiger partial charge in [0.15, 0.2) is 0 Å². The molecule has 200 valence electrons. The number of nitrogens with one attached hydrogen (secondary N) is 3. The lowest BCUT2D eigenvalue weighted by Gasteiger charge is -2.24. The SMILES string of the molecule is CONC(=N)c1cccc(CN(CC(C)C)C(=O)C(=O)Nc2ccc(-c3ccccc3S(N)(=O)=O)cc2)c1. The molecule has 0 heterocycles. The molecular formula is C27H31N5O5S. The van der Waals surface area contributed by atoms with Crippen LogP contribution in [0.5, 0.6) is 0 Å². The number of nitrogens with two attached hydrogens (primary N) is 1. The number of sulfonamides is 1. The van der Waals surface area contributed by atoms with Crippen molar-refractivity contribution in [2.24, 2.45) is 11.1 Å². The molecule has 0 unspecified atom stereocenters. The van der Waals surface area contributed by atoms with Crippen LogP contribution in [0.3, 0.4) is 0 Å². The summed E-state index contributed by atoms with van der Waals surface area (Å²) in [5, 5.41) is 15.9. The Kier molecular flexibility index (Phi) is 9.35. The first-order valence-corrected chi connectivity index (χ1v) is 13.3. The summed E-state index contributed by atoms with van der Waals surface area (Å²) in [6.07, 6.45) is 0. The second-order valence-electron chi connectivity index (χ2n) is 9.03. The Morgan fingerprint density at radius 3 is 2.34 bits per heavy atom. The maximum atomic E-state index is 13.1. The van der Waals surface area contributed by atoms with E-state index in [1.165, 1.54) is 18.1 Å². The van der Waals surface area contributed by atoms with Crippen molar-refractivity contribution >= 4 is 33.4 Å². The number of carbonyl (C=O) groups excluding carboxylic acids is 2. The normalized spacial score (nSPS) is 11.2. The molecule has 0 saturated carbocycles. The largest absolute Gasteiger partial charge is 0.330 e. The van der Waals surface area contributed by atoms with Crippen molar-refractivity contribution in [2.45, 2.75) is 25.3 Å². The van der Waals surface area contributed by atoms with Crippen LogP contribution < -0.4 is 15.9 Å². The Hall–Kier alpha value is -4.06. The smallest absolute Gasteiger partial charge is 0.313 e. The van der Waals surface area contributed by atoms with Gasteiger partial charge in [0, 0.05) is 29.9 Å². The van der Waals surface area contributed by atoms with Crippen LogP contribution in [0, 0.1) is 11.3 Å². The van der Waals surface area contributed by atoms with Crippen LogP contribution in [0.15, 0.2) is 77.7 Å². The van der Waals surface area contributed by atoms with Gasteiger partial charge in [-0.15, -0.1) is 0 Å². The lowest BCUT2D eigenvalue weighted by atomic mass is 10.1. The lowest BCUT2D eigenvalue weighted by Crippen LogP contribution is -2.41. The number of amidine groups is 1. The third-order valence-electron chi connectivity index (χ3n) is 5.51. The Bertz CT molecular complexity index is 1420. The molecule has 0 aliphatic carbocycles. The standard InChI is InChI=1S/C27H31N5O5S/c1-18(2)16-32(17-19-7-6-8-21(15-19)25(28)31-37-3)27(34)26(33)30-22-13-11-20(12-14-22)23-9-4-5-10-24(23)38(29,35)36/h4-15,18H,16-17H2,1-3H3,(H2,28,31)(H,30,33)(H2,29,35,36). The average Bonchev–Trinajstić information content (AvgIpc) is 2.88. The number of primary sulfonamides is 1. The number of benzene rings is 3. The molecule has 5 N–H and O–H groups in total. The fraction of sp³-hybridized carbons (Fsp3) is 0.222. The number of hydrogen-bond donors (Lipinski definition) is 4. The summed E-state index contributed by atoms with van der Waals surface area (Å²) in [4.78, 5) is 32.2. The minimum atomic E-state index is -3.92. The van der Waals surface area contributed by atoms with Crippen LogP contribution in [0.2, 0.25) is 0 Å². The zero-order valence-electron chi connectivity index (χ0n) is 21.4. The molecule has 3 aromatic carbocycles. The topological polar surface area (TPSA) is 155 Å². The molecule has 0 bridgehead atoms. The average molecular weight is 538 g/mol. The van der Waals surface area contributed by atoms with Crippen molar-refractivity contribution in [2.75, 3.05) is 19.0 Å². The Morgan fingerprint density at radius 1 is 1.03 bits per heavy atom. The quantitative estimate of drug-likeness (QED) is 0.142. The second-order valence-corrected chi connectivity index (χ2v) is 10.6. The molecule has 3 aromatic rings. The molecule has 0 aromatic heterocycles. The summed E-state index contributed by atoms with van der Waals surface area (Å²) in [6, 6.07) is 19.9. The lowest BCUT2D eigenvalue weighted by molar-refractivity contribution is -0.143. The third kappa shape index (κ3) is 7.48. The molecule has 0 fully saturated rings. The van der Waals surface area contributed by atoms with E-state index in [9.17, 15) is 18.0 Å². The molecule has 0 spiro atoms. The molecule has 10 nitrogen and oxygen atoms in total. The highest BCUT2D eigenvalue weighted by molar-refractivity contribution is 7.89. The number of rotatable bonds is 9. The molecule has 0 saturated heterocycles. The molecule has 11 heteroatoms. The minimum absolute atomic E-state index is 0.00602. The number of amides is 2. The zero-order valence-corrected chi connectivity index (χ0v) is 22.2. The highest BCUT2D eigenvalue weighted by Gasteiger charge is 2.23. The number of hydroxylamine groups is 1. The van der Waals surface area contributed by atoms with Crippen molar-refractivity contribution in [3.63, 3.8) is 0 Å². The van der Waals surface area contributed by atoms with Gasteiger partial charge in [-0.3, -0.25) is 19.8 Å². The van der Waals surface area contributed by atoms with E-state index in [0.29, 0.717) is 28.9 Å². The predicted octanol–water partition coefficient (Wildman–Crippen LogP) is 3.10. The van der Waals surface area contributed by atoms with Crippen LogP contribution in [-0.2, 0) is 31.0 Å². The summed E-state index contributed by atoms with van der Waals surface area (Å²) in [5.74, 6) is -1.31. The first kappa shape index (κ1) is 28.5. The predicted molar refractivity (Wildman–Crippen MR) is 146 cm³/mol. The van der Waals surface area contributed by atoms with Crippen LogP contribution in [0.4, 0.5) is 5.69 Å². The molecule has 0 aliphatic heterocycles. The van der Waals surface area contributed by atoms with E-state index in [4.69, 9.17) is 15.4 Å². The van der Waals surface area contributed by atoms with Crippen LogP contribution in [0.1, 0.15) is 25.0 Å². The van der Waals surface area contributed by atoms with Crippen molar-refractivity contribution in [3.05, 3.63) is 83.9 Å². The summed E-state index contributed by atoms with van der Waals surface area (Å²) < 4.78 is 23.9. The van der Waals surface area contributed by atoms with Gasteiger partial charge in [0.05, 0.1) is 12.0 Å². The van der Waals surface area contributed by atoms with E-state index in [-0.39, 0.29) is 23.2 Å². The van der Waals surface area contributed by atoms with Crippen molar-refractivity contribution in [1.82, 2.24) is 10.4 Å². The fourth-order valence-electron chi connectivity index (χ4n) is 3.88. The monoisotopic (exact) mass is 537 g/mol. The van der Waals surface area contributed by atoms with Gasteiger partial charge < -0.3 is 10.2 Å². The van der Waals surface area contributed by atoms with Gasteiger partial charge in [-0.05, 0) is 41.3 Å². The van der Waals surface area contributed by atoms with Gasteiger partial charge in [-0.25, -0.2) is 19.0 Å². The van der Waals surface area contributed by atoms with Gasteiger partial charge in [0.25, 0.3) is 0 Å². The van der Waals surface area contributed by atoms with Gasteiger partial charge in [-0.1, -0.05) is 62.4 Å². The van der Waals surface area contributed by atoms with E-state index in [0.717, 1.165) is 5.56 Å². The van der Waals surface area contributed by atoms with Crippen LogP contribution in [0.25, 0.3) is 11.1 Å². The second kappa shape index (κ2) is 12.5. The molecule has 0 radical (unpaired) electrons. The van der Waals surface area contributed by atoms with E-state index in [1.54, 1.807) is 60.7 Å². The van der Waals surface area contributed by atoms with E-state index in [2.05, 4.69) is 10.8 Å². The van der Waals surface area contributed by atoms with Crippen LogP contribution in [-0.4, -0.2) is 44.6 Å². The number of hydrogen-bond acceptors (Lipinski definition) is 6. The van der Waals surface area contributed by atoms with Gasteiger partial charge >= 0.3 is 11.8 Å². The zero-order chi connectivity index (χ0) is 27.9. The Morgan fingerprint density at radius 2 is 1.71 bits per heavy atom. The molecule has 0 aliphatic rings. The van der Waals surface area contributed by atoms with Crippen molar-refractivity contribution in [3.8, 4) is 11.1 Å². The van der Waals surface area contributed by atoms with E-state index < -0.39 is 21.8 Å². The van der Waals surface area contributed by atoms with E-state index >= 15 is 0 Å². The summed E-state index contributed by atoms with van der Waals surface area (Å²) in [6.45, 7) is 4.44. The van der Waals surface area contributed by atoms with Gasteiger partial charge in [0.1, 0.15) is 5.84 Å². The highest BCUT2D eigenvalue weighted by atomic mass is 32.2. The first-order chi connectivity index (χ1) is 18.0. The van der Waals surface area contributed by atoms with E-state index in [1.807, 2.05) is 19.9 Å². The maximum absolute atomic E-state index is 13.1.